The van der Waals surface area contributed by atoms with Crippen molar-refractivity contribution in [3.8, 4) is 0 Å². The van der Waals surface area contributed by atoms with Crippen molar-refractivity contribution in [2.24, 2.45) is 0 Å². The van der Waals surface area contributed by atoms with Gasteiger partial charge in [0.2, 0.25) is 5.91 Å². The van der Waals surface area contributed by atoms with E-state index in [-0.39, 0.29) is 42.0 Å². The Morgan fingerprint density at radius 2 is 1.92 bits per heavy atom. The molecule has 3 rings (SSSR count). The van der Waals surface area contributed by atoms with Crippen LogP contribution >= 0.6 is 11.6 Å². The zero-order chi connectivity index (χ0) is 18.2. The summed E-state index contributed by atoms with van der Waals surface area (Å²) in [6, 6.07) is 4.25. The molecule has 2 aliphatic rings. The molecule has 1 aromatic carbocycles. The number of aryl methyl sites for hydroxylation is 1. The van der Waals surface area contributed by atoms with E-state index in [1.165, 1.54) is 6.07 Å². The van der Waals surface area contributed by atoms with Crippen LogP contribution in [0.2, 0.25) is 5.02 Å². The summed E-state index contributed by atoms with van der Waals surface area (Å²) in [5.74, 6) is 0.0190. The molecule has 138 valence electrons. The van der Waals surface area contributed by atoms with E-state index in [9.17, 15) is 18.0 Å². The molecule has 2 aliphatic heterocycles. The number of benzene rings is 1. The lowest BCUT2D eigenvalue weighted by Gasteiger charge is -2.38. The van der Waals surface area contributed by atoms with E-state index in [1.54, 1.807) is 13.2 Å². The molecule has 2 fully saturated rings. The third kappa shape index (κ3) is 3.95. The molecule has 1 aromatic rings. The summed E-state index contributed by atoms with van der Waals surface area (Å²) >= 11 is 5.63. The standard InChI is InChI=1S/C18H21ClF3NO2/c1-25-14-9-12-4-5-13(10-14)23(12)17(24)7-3-11-2-6-16(19)15(8-11)18(20,21)22/h2,6,8,12-14H,3-5,7,9-10H2,1H3. The van der Waals surface area contributed by atoms with Crippen LogP contribution in [-0.4, -0.2) is 36.1 Å². The number of nitrogens with zero attached hydrogens (tertiary/aromatic N) is 1. The van der Waals surface area contributed by atoms with Crippen LogP contribution in [0.15, 0.2) is 18.2 Å². The van der Waals surface area contributed by atoms with Crippen molar-refractivity contribution >= 4 is 17.5 Å². The monoisotopic (exact) mass is 375 g/mol. The van der Waals surface area contributed by atoms with Crippen molar-refractivity contribution in [2.45, 2.75) is 62.9 Å². The van der Waals surface area contributed by atoms with Gasteiger partial charge in [-0.3, -0.25) is 4.79 Å². The summed E-state index contributed by atoms with van der Waals surface area (Å²) < 4.78 is 44.2. The zero-order valence-electron chi connectivity index (χ0n) is 14.0. The number of hydrogen-bond donors (Lipinski definition) is 0. The average Bonchev–Trinajstić information content (AvgIpc) is 2.83. The van der Waals surface area contributed by atoms with E-state index in [1.807, 2.05) is 4.90 Å². The molecule has 2 heterocycles. The van der Waals surface area contributed by atoms with Gasteiger partial charge in [0.25, 0.3) is 0 Å². The summed E-state index contributed by atoms with van der Waals surface area (Å²) in [6.07, 6.45) is -0.141. The number of carbonyl (C=O) groups excluding carboxylic acids is 1. The minimum Gasteiger partial charge on any atom is -0.381 e. The normalized spacial score (nSPS) is 26.1. The van der Waals surface area contributed by atoms with E-state index in [0.717, 1.165) is 31.7 Å². The van der Waals surface area contributed by atoms with Crippen molar-refractivity contribution in [2.75, 3.05) is 7.11 Å². The minimum atomic E-state index is -4.49. The van der Waals surface area contributed by atoms with Crippen LogP contribution in [0.25, 0.3) is 0 Å². The predicted molar refractivity (Wildman–Crippen MR) is 88.5 cm³/mol. The van der Waals surface area contributed by atoms with Gasteiger partial charge in [-0.2, -0.15) is 13.2 Å². The Morgan fingerprint density at radius 1 is 1.28 bits per heavy atom. The van der Waals surface area contributed by atoms with Crippen molar-refractivity contribution < 1.29 is 22.7 Å². The number of fused-ring (bicyclic) bond motifs is 2. The largest absolute Gasteiger partial charge is 0.417 e. The van der Waals surface area contributed by atoms with Crippen LogP contribution in [0.5, 0.6) is 0 Å². The van der Waals surface area contributed by atoms with Crippen molar-refractivity contribution in [1.29, 1.82) is 0 Å². The van der Waals surface area contributed by atoms with Gasteiger partial charge in [0.05, 0.1) is 16.7 Å². The molecule has 2 saturated heterocycles. The van der Waals surface area contributed by atoms with E-state index >= 15 is 0 Å². The lowest BCUT2D eigenvalue weighted by molar-refractivity contribution is -0.138. The Hall–Kier alpha value is -1.27. The van der Waals surface area contributed by atoms with Crippen molar-refractivity contribution in [3.05, 3.63) is 34.3 Å². The fraction of sp³-hybridized carbons (Fsp3) is 0.611. The molecule has 3 nitrogen and oxygen atoms in total. The van der Waals surface area contributed by atoms with Gasteiger partial charge in [-0.05, 0) is 49.8 Å². The summed E-state index contributed by atoms with van der Waals surface area (Å²) in [4.78, 5) is 14.6. The molecule has 2 bridgehead atoms. The van der Waals surface area contributed by atoms with Crippen LogP contribution in [0.3, 0.4) is 0 Å². The second-order valence-corrected chi connectivity index (χ2v) is 7.23. The van der Waals surface area contributed by atoms with E-state index in [4.69, 9.17) is 16.3 Å². The molecule has 2 atom stereocenters. The second kappa shape index (κ2) is 7.16. The minimum absolute atomic E-state index is 0.0190. The predicted octanol–water partition coefficient (Wildman–Crippen LogP) is 4.46. The zero-order valence-corrected chi connectivity index (χ0v) is 14.7. The van der Waals surface area contributed by atoms with Crippen LogP contribution in [0.4, 0.5) is 13.2 Å². The quantitative estimate of drug-likeness (QED) is 0.777. The number of amides is 1. The Balaban J connectivity index is 1.64. The molecule has 0 saturated carbocycles. The fourth-order valence-electron chi connectivity index (χ4n) is 4.05. The number of alkyl halides is 3. The van der Waals surface area contributed by atoms with Crippen LogP contribution in [0, 0.1) is 0 Å². The number of carbonyl (C=O) groups is 1. The van der Waals surface area contributed by atoms with Crippen LogP contribution in [0.1, 0.15) is 43.2 Å². The third-order valence-corrected chi connectivity index (χ3v) is 5.60. The topological polar surface area (TPSA) is 29.5 Å². The highest BCUT2D eigenvalue weighted by atomic mass is 35.5. The second-order valence-electron chi connectivity index (χ2n) is 6.83. The highest BCUT2D eigenvalue weighted by Crippen LogP contribution is 2.38. The number of hydrogen-bond acceptors (Lipinski definition) is 2. The molecule has 0 spiro atoms. The number of methoxy groups -OCH3 is 1. The molecular weight excluding hydrogens is 355 g/mol. The summed E-state index contributed by atoms with van der Waals surface area (Å²) in [5, 5.41) is -0.317. The number of halogens is 4. The van der Waals surface area contributed by atoms with Crippen molar-refractivity contribution in [1.82, 2.24) is 4.90 Å². The maximum atomic E-state index is 12.9. The smallest absolute Gasteiger partial charge is 0.381 e. The van der Waals surface area contributed by atoms with Gasteiger partial charge in [-0.1, -0.05) is 17.7 Å². The first-order valence-corrected chi connectivity index (χ1v) is 8.87. The highest BCUT2D eigenvalue weighted by Gasteiger charge is 2.43. The molecule has 1 amide bonds. The summed E-state index contributed by atoms with van der Waals surface area (Å²) in [6.45, 7) is 0. The number of rotatable bonds is 4. The Bertz CT molecular complexity index is 636. The lowest BCUT2D eigenvalue weighted by Crippen LogP contribution is -2.48. The molecule has 0 radical (unpaired) electrons. The molecular formula is C18H21ClF3NO2. The summed E-state index contributed by atoms with van der Waals surface area (Å²) in [7, 11) is 1.69. The first-order chi connectivity index (χ1) is 11.8. The number of piperidine rings is 1. The fourth-order valence-corrected chi connectivity index (χ4v) is 4.28. The molecule has 0 aromatic heterocycles. The Morgan fingerprint density at radius 3 is 2.48 bits per heavy atom. The van der Waals surface area contributed by atoms with Gasteiger partial charge in [0.1, 0.15) is 0 Å². The SMILES string of the molecule is COC1CC2CCC(C1)N2C(=O)CCc1ccc(Cl)c(C(F)(F)F)c1. The van der Waals surface area contributed by atoms with Crippen LogP contribution < -0.4 is 0 Å². The van der Waals surface area contributed by atoms with E-state index in [2.05, 4.69) is 0 Å². The van der Waals surface area contributed by atoms with Gasteiger partial charge in [-0.15, -0.1) is 0 Å². The Labute approximate surface area is 150 Å². The van der Waals surface area contributed by atoms with Gasteiger partial charge >= 0.3 is 6.18 Å². The van der Waals surface area contributed by atoms with Gasteiger partial charge < -0.3 is 9.64 Å². The lowest BCUT2D eigenvalue weighted by atomic mass is 9.98. The summed E-state index contributed by atoms with van der Waals surface area (Å²) in [5.41, 5.74) is -0.371. The van der Waals surface area contributed by atoms with Crippen LogP contribution in [-0.2, 0) is 22.1 Å². The molecule has 0 N–H and O–H groups in total. The maximum Gasteiger partial charge on any atom is 0.417 e. The van der Waals surface area contributed by atoms with Gasteiger partial charge in [-0.25, -0.2) is 0 Å². The highest BCUT2D eigenvalue weighted by molar-refractivity contribution is 6.31. The van der Waals surface area contributed by atoms with Gasteiger partial charge in [0, 0.05) is 25.6 Å². The number of ether oxygens (including phenoxy) is 1. The maximum absolute atomic E-state index is 12.9. The molecule has 7 heteroatoms. The van der Waals surface area contributed by atoms with Gasteiger partial charge in [0.15, 0.2) is 0 Å². The third-order valence-electron chi connectivity index (χ3n) is 5.27. The van der Waals surface area contributed by atoms with E-state index in [0.29, 0.717) is 5.56 Å². The van der Waals surface area contributed by atoms with E-state index < -0.39 is 11.7 Å². The first kappa shape index (κ1) is 18.5. The first-order valence-electron chi connectivity index (χ1n) is 8.49. The molecule has 0 aliphatic carbocycles. The Kier molecular flexibility index (Phi) is 5.30. The van der Waals surface area contributed by atoms with Crippen molar-refractivity contribution in [3.63, 3.8) is 0 Å². The molecule has 2 unspecified atom stereocenters. The average molecular weight is 376 g/mol. The molecule has 25 heavy (non-hydrogen) atoms.